The molecular formula is C24H28N4O4. The standard InChI is InChI=1S/C24H28N4O4/c1-16-10-12-27(13-11-16)23-18-6-4-5-7-19(18)24(30)28(26-23)15-22(29)25-20-14-17(31-2)8-9-21(20)32-3/h4-9,14,16H,10-13,15H2,1-3H3,(H,25,29). The summed E-state index contributed by atoms with van der Waals surface area (Å²) in [5.74, 6) is 2.13. The van der Waals surface area contributed by atoms with Crippen molar-refractivity contribution in [3.63, 3.8) is 0 Å². The molecule has 0 saturated carbocycles. The summed E-state index contributed by atoms with van der Waals surface area (Å²) in [5.41, 5.74) is 0.179. The molecule has 0 radical (unpaired) electrons. The van der Waals surface area contributed by atoms with Gasteiger partial charge in [-0.15, -0.1) is 0 Å². The molecule has 1 amide bonds. The van der Waals surface area contributed by atoms with Gasteiger partial charge in [0.05, 0.1) is 25.3 Å². The first-order chi connectivity index (χ1) is 15.5. The maximum atomic E-state index is 13.1. The van der Waals surface area contributed by atoms with Crippen LogP contribution in [0.5, 0.6) is 11.5 Å². The third-order valence-corrected chi connectivity index (χ3v) is 5.91. The van der Waals surface area contributed by atoms with Crippen molar-refractivity contribution in [2.24, 2.45) is 5.92 Å². The summed E-state index contributed by atoms with van der Waals surface area (Å²) in [5, 5.41) is 8.80. The molecule has 2 aromatic carbocycles. The third-order valence-electron chi connectivity index (χ3n) is 5.91. The minimum Gasteiger partial charge on any atom is -0.497 e. The molecule has 1 saturated heterocycles. The van der Waals surface area contributed by atoms with Crippen LogP contribution in [0.1, 0.15) is 19.8 Å². The van der Waals surface area contributed by atoms with Gasteiger partial charge in [-0.3, -0.25) is 9.59 Å². The Bertz CT molecular complexity index is 1180. The summed E-state index contributed by atoms with van der Waals surface area (Å²) >= 11 is 0. The second kappa shape index (κ2) is 9.30. The van der Waals surface area contributed by atoms with Gasteiger partial charge < -0.3 is 19.7 Å². The molecule has 0 aliphatic carbocycles. The van der Waals surface area contributed by atoms with Crippen LogP contribution in [0.4, 0.5) is 11.5 Å². The number of fused-ring (bicyclic) bond motifs is 1. The third kappa shape index (κ3) is 4.39. The zero-order chi connectivity index (χ0) is 22.7. The molecule has 1 aromatic heterocycles. The number of ether oxygens (including phenoxy) is 2. The summed E-state index contributed by atoms with van der Waals surface area (Å²) in [6.45, 7) is 3.80. The molecule has 0 bridgehead atoms. The zero-order valence-corrected chi connectivity index (χ0v) is 18.6. The van der Waals surface area contributed by atoms with Crippen LogP contribution in [0.2, 0.25) is 0 Å². The van der Waals surface area contributed by atoms with Crippen molar-refractivity contribution >= 4 is 28.2 Å². The van der Waals surface area contributed by atoms with Crippen LogP contribution in [-0.2, 0) is 11.3 Å². The largest absolute Gasteiger partial charge is 0.497 e. The number of piperidine rings is 1. The number of methoxy groups -OCH3 is 2. The molecule has 8 nitrogen and oxygen atoms in total. The van der Waals surface area contributed by atoms with Gasteiger partial charge in [0.15, 0.2) is 5.82 Å². The van der Waals surface area contributed by atoms with Crippen LogP contribution >= 0.6 is 0 Å². The summed E-state index contributed by atoms with van der Waals surface area (Å²) in [7, 11) is 3.08. The number of aromatic nitrogens is 2. The highest BCUT2D eigenvalue weighted by Crippen LogP contribution is 2.29. The van der Waals surface area contributed by atoms with Gasteiger partial charge in [-0.1, -0.05) is 25.1 Å². The van der Waals surface area contributed by atoms with Crippen molar-refractivity contribution in [1.29, 1.82) is 0 Å². The zero-order valence-electron chi connectivity index (χ0n) is 18.6. The van der Waals surface area contributed by atoms with Crippen LogP contribution < -0.4 is 25.2 Å². The summed E-state index contributed by atoms with van der Waals surface area (Å²) in [4.78, 5) is 28.1. The van der Waals surface area contributed by atoms with Gasteiger partial charge in [-0.05, 0) is 37.0 Å². The summed E-state index contributed by atoms with van der Waals surface area (Å²) in [6, 6.07) is 12.6. The normalized spacial score (nSPS) is 14.4. The maximum Gasteiger partial charge on any atom is 0.275 e. The SMILES string of the molecule is COc1ccc(OC)c(NC(=O)Cn2nc(N3CCC(C)CC3)c3ccccc3c2=O)c1. The van der Waals surface area contributed by atoms with Gasteiger partial charge in [0.25, 0.3) is 5.56 Å². The Morgan fingerprint density at radius 1 is 1.09 bits per heavy atom. The van der Waals surface area contributed by atoms with E-state index >= 15 is 0 Å². The lowest BCUT2D eigenvalue weighted by Crippen LogP contribution is -2.37. The number of anilines is 2. The van der Waals surface area contributed by atoms with Crippen LogP contribution in [0.25, 0.3) is 10.8 Å². The van der Waals surface area contributed by atoms with Crippen LogP contribution in [0.3, 0.4) is 0 Å². The van der Waals surface area contributed by atoms with Crippen molar-refractivity contribution in [2.45, 2.75) is 26.3 Å². The first kappa shape index (κ1) is 21.7. The van der Waals surface area contributed by atoms with E-state index in [-0.39, 0.29) is 18.0 Å². The molecule has 0 atom stereocenters. The van der Waals surface area contributed by atoms with E-state index in [2.05, 4.69) is 22.2 Å². The molecule has 0 spiro atoms. The highest BCUT2D eigenvalue weighted by atomic mass is 16.5. The van der Waals surface area contributed by atoms with Crippen LogP contribution in [-0.4, -0.2) is 43.0 Å². The highest BCUT2D eigenvalue weighted by Gasteiger charge is 2.22. The minimum absolute atomic E-state index is 0.207. The lowest BCUT2D eigenvalue weighted by atomic mass is 9.99. The molecule has 168 valence electrons. The average Bonchev–Trinajstić information content (AvgIpc) is 2.81. The monoisotopic (exact) mass is 436 g/mol. The second-order valence-corrected chi connectivity index (χ2v) is 8.12. The Balaban J connectivity index is 1.65. The number of hydrogen-bond donors (Lipinski definition) is 1. The van der Waals surface area contributed by atoms with Crippen molar-refractivity contribution in [3.05, 3.63) is 52.8 Å². The first-order valence-corrected chi connectivity index (χ1v) is 10.8. The average molecular weight is 437 g/mol. The van der Waals surface area contributed by atoms with E-state index in [4.69, 9.17) is 9.47 Å². The maximum absolute atomic E-state index is 13.1. The van der Waals surface area contributed by atoms with Gasteiger partial charge in [-0.2, -0.15) is 5.10 Å². The quantitative estimate of drug-likeness (QED) is 0.638. The fraction of sp³-hybridized carbons (Fsp3) is 0.375. The smallest absolute Gasteiger partial charge is 0.275 e. The molecule has 1 aliphatic heterocycles. The molecule has 1 N–H and O–H groups in total. The van der Waals surface area contributed by atoms with E-state index in [1.165, 1.54) is 11.8 Å². The van der Waals surface area contributed by atoms with Crippen molar-refractivity contribution in [3.8, 4) is 11.5 Å². The number of nitrogens with zero attached hydrogens (tertiary/aromatic N) is 3. The van der Waals surface area contributed by atoms with Crippen molar-refractivity contribution in [1.82, 2.24) is 9.78 Å². The number of rotatable bonds is 6. The molecule has 1 aliphatic rings. The van der Waals surface area contributed by atoms with E-state index < -0.39 is 0 Å². The molecule has 8 heteroatoms. The second-order valence-electron chi connectivity index (χ2n) is 8.12. The number of carbonyl (C=O) groups excluding carboxylic acids is 1. The number of nitrogens with one attached hydrogen (secondary N) is 1. The Kier molecular flexibility index (Phi) is 6.30. The fourth-order valence-electron chi connectivity index (χ4n) is 4.02. The number of benzene rings is 2. The molecule has 3 aromatic rings. The summed E-state index contributed by atoms with van der Waals surface area (Å²) < 4.78 is 11.8. The summed E-state index contributed by atoms with van der Waals surface area (Å²) in [6.07, 6.45) is 2.15. The molecule has 0 unspecified atom stereocenters. The molecule has 4 rings (SSSR count). The molecule has 2 heterocycles. The van der Waals surface area contributed by atoms with Crippen molar-refractivity contribution in [2.75, 3.05) is 37.5 Å². The highest BCUT2D eigenvalue weighted by molar-refractivity contribution is 5.94. The van der Waals surface area contributed by atoms with E-state index in [0.29, 0.717) is 28.5 Å². The Morgan fingerprint density at radius 2 is 1.81 bits per heavy atom. The molecular weight excluding hydrogens is 408 g/mol. The van der Waals surface area contributed by atoms with Crippen LogP contribution in [0, 0.1) is 5.92 Å². The van der Waals surface area contributed by atoms with Gasteiger partial charge in [-0.25, -0.2) is 4.68 Å². The van der Waals surface area contributed by atoms with Gasteiger partial charge in [0.2, 0.25) is 5.91 Å². The van der Waals surface area contributed by atoms with Gasteiger partial charge >= 0.3 is 0 Å². The van der Waals surface area contributed by atoms with Gasteiger partial charge in [0.1, 0.15) is 18.0 Å². The predicted molar refractivity (Wildman–Crippen MR) is 125 cm³/mol. The lowest BCUT2D eigenvalue weighted by Gasteiger charge is -2.32. The minimum atomic E-state index is -0.375. The van der Waals surface area contributed by atoms with E-state index in [1.54, 1.807) is 31.4 Å². The molecule has 1 fully saturated rings. The van der Waals surface area contributed by atoms with E-state index in [0.717, 1.165) is 37.1 Å². The Hall–Kier alpha value is -3.55. The number of hydrogen-bond acceptors (Lipinski definition) is 6. The van der Waals surface area contributed by atoms with E-state index in [9.17, 15) is 9.59 Å². The fourth-order valence-corrected chi connectivity index (χ4v) is 4.02. The van der Waals surface area contributed by atoms with Crippen molar-refractivity contribution < 1.29 is 14.3 Å². The number of carbonyl (C=O) groups is 1. The van der Waals surface area contributed by atoms with E-state index in [1.807, 2.05) is 18.2 Å². The topological polar surface area (TPSA) is 85.7 Å². The first-order valence-electron chi connectivity index (χ1n) is 10.8. The van der Waals surface area contributed by atoms with Crippen LogP contribution in [0.15, 0.2) is 47.3 Å². The van der Waals surface area contributed by atoms with Gasteiger partial charge in [0, 0.05) is 24.5 Å². The lowest BCUT2D eigenvalue weighted by molar-refractivity contribution is -0.117. The predicted octanol–water partition coefficient (Wildman–Crippen LogP) is 3.29. The Morgan fingerprint density at radius 3 is 2.50 bits per heavy atom. The number of amides is 1. The molecule has 32 heavy (non-hydrogen) atoms. The Labute approximate surface area is 186 Å².